The van der Waals surface area contributed by atoms with Crippen LogP contribution in [0.5, 0.6) is 0 Å². The maximum atomic E-state index is 12.1. The Labute approximate surface area is 196 Å². The van der Waals surface area contributed by atoms with E-state index < -0.39 is 0 Å². The predicted molar refractivity (Wildman–Crippen MR) is 133 cm³/mol. The van der Waals surface area contributed by atoms with Gasteiger partial charge in [0.2, 0.25) is 0 Å². The molecule has 2 saturated heterocycles. The molecule has 0 aliphatic carbocycles. The highest BCUT2D eigenvalue weighted by atomic mass is 35.5. The molecular formula is C28H33ClN2O. The van der Waals surface area contributed by atoms with E-state index in [1.807, 2.05) is 24.4 Å². The quantitative estimate of drug-likeness (QED) is 0.355. The Morgan fingerprint density at radius 3 is 2.47 bits per heavy atom. The Morgan fingerprint density at radius 1 is 1.00 bits per heavy atom. The average Bonchev–Trinajstić information content (AvgIpc) is 3.28. The predicted octanol–water partition coefficient (Wildman–Crippen LogP) is 6.76. The summed E-state index contributed by atoms with van der Waals surface area (Å²) in [6.07, 6.45) is 11.1. The summed E-state index contributed by atoms with van der Waals surface area (Å²) < 4.78 is 2.20. The van der Waals surface area contributed by atoms with E-state index in [2.05, 4.69) is 39.8 Å². The van der Waals surface area contributed by atoms with Crippen LogP contribution >= 0.6 is 11.6 Å². The van der Waals surface area contributed by atoms with Crippen molar-refractivity contribution in [3.05, 3.63) is 70.9 Å². The van der Waals surface area contributed by atoms with Crippen molar-refractivity contribution in [1.29, 1.82) is 0 Å². The number of hydrogen-bond donors (Lipinski definition) is 0. The summed E-state index contributed by atoms with van der Waals surface area (Å²) in [6, 6.07) is 18.3. The second-order valence-electron chi connectivity index (χ2n) is 9.77. The number of rotatable bonds is 8. The molecule has 5 rings (SSSR count). The van der Waals surface area contributed by atoms with Gasteiger partial charge in [-0.05, 0) is 69.4 Å². The monoisotopic (exact) mass is 448 g/mol. The molecule has 0 radical (unpaired) electrons. The zero-order chi connectivity index (χ0) is 22.1. The van der Waals surface area contributed by atoms with Gasteiger partial charge in [-0.1, -0.05) is 54.1 Å². The summed E-state index contributed by atoms with van der Waals surface area (Å²) in [4.78, 5) is 14.9. The number of carbonyl (C=O) groups is 1. The molecular weight excluding hydrogens is 416 g/mol. The second-order valence-corrected chi connectivity index (χ2v) is 10.2. The van der Waals surface area contributed by atoms with Crippen LogP contribution < -0.4 is 0 Å². The summed E-state index contributed by atoms with van der Waals surface area (Å²) >= 11 is 6.51. The highest BCUT2D eigenvalue weighted by Gasteiger charge is 2.39. The van der Waals surface area contributed by atoms with E-state index in [1.54, 1.807) is 6.92 Å². The van der Waals surface area contributed by atoms with Crippen LogP contribution in [0.25, 0.3) is 10.9 Å². The van der Waals surface area contributed by atoms with Crippen LogP contribution in [0.3, 0.4) is 0 Å². The van der Waals surface area contributed by atoms with Crippen molar-refractivity contribution in [1.82, 2.24) is 9.47 Å². The molecule has 0 N–H and O–H groups in total. The molecule has 0 saturated carbocycles. The lowest BCUT2D eigenvalue weighted by molar-refractivity contribution is 0.0978. The lowest BCUT2D eigenvalue weighted by Crippen LogP contribution is -2.43. The minimum atomic E-state index is 0.103. The molecule has 168 valence electrons. The fourth-order valence-corrected chi connectivity index (χ4v) is 6.48. The van der Waals surface area contributed by atoms with Gasteiger partial charge in [-0.15, -0.1) is 0 Å². The highest BCUT2D eigenvalue weighted by Crippen LogP contribution is 2.40. The Balaban J connectivity index is 1.19. The van der Waals surface area contributed by atoms with Gasteiger partial charge in [0.1, 0.15) is 0 Å². The van der Waals surface area contributed by atoms with Crippen LogP contribution in [0.2, 0.25) is 5.02 Å². The first-order chi connectivity index (χ1) is 15.6. The van der Waals surface area contributed by atoms with E-state index in [0.29, 0.717) is 0 Å². The van der Waals surface area contributed by atoms with E-state index in [9.17, 15) is 4.79 Å². The van der Waals surface area contributed by atoms with Gasteiger partial charge in [0.05, 0.1) is 10.5 Å². The molecule has 2 bridgehead atoms. The van der Waals surface area contributed by atoms with Crippen molar-refractivity contribution in [2.24, 2.45) is 5.92 Å². The number of carbonyl (C=O) groups excluding carboxylic acids is 1. The van der Waals surface area contributed by atoms with Crippen molar-refractivity contribution in [2.45, 2.75) is 70.5 Å². The number of halogens is 1. The first kappa shape index (κ1) is 21.7. The third kappa shape index (κ3) is 4.38. The lowest BCUT2D eigenvalue weighted by atomic mass is 9.86. The number of nitrogens with zero attached hydrogens (tertiary/aromatic N) is 2. The van der Waals surface area contributed by atoms with Gasteiger partial charge in [-0.25, -0.2) is 0 Å². The number of aromatic nitrogens is 1. The van der Waals surface area contributed by atoms with Gasteiger partial charge in [-0.3, -0.25) is 9.69 Å². The number of piperidine rings is 1. The fraction of sp³-hybridized carbons (Fsp3) is 0.464. The summed E-state index contributed by atoms with van der Waals surface area (Å²) in [5.41, 5.74) is 3.26. The van der Waals surface area contributed by atoms with Crippen LogP contribution in [0.1, 0.15) is 61.4 Å². The summed E-state index contributed by atoms with van der Waals surface area (Å²) in [6.45, 7) is 3.68. The van der Waals surface area contributed by atoms with Gasteiger partial charge in [-0.2, -0.15) is 0 Å². The number of aryl methyl sites for hydroxylation is 2. The van der Waals surface area contributed by atoms with Crippen molar-refractivity contribution in [3.8, 4) is 0 Å². The Morgan fingerprint density at radius 2 is 1.75 bits per heavy atom. The summed E-state index contributed by atoms with van der Waals surface area (Å²) in [5, 5.41) is 1.71. The van der Waals surface area contributed by atoms with E-state index in [0.717, 1.165) is 59.0 Å². The molecule has 3 atom stereocenters. The topological polar surface area (TPSA) is 25.2 Å². The smallest absolute Gasteiger partial charge is 0.161 e. The molecule has 1 aromatic heterocycles. The Bertz CT molecular complexity index is 1080. The third-order valence-corrected chi connectivity index (χ3v) is 8.01. The molecule has 2 fully saturated rings. The van der Waals surface area contributed by atoms with Crippen LogP contribution in [-0.2, 0) is 13.0 Å². The van der Waals surface area contributed by atoms with Gasteiger partial charge in [0.15, 0.2) is 5.78 Å². The van der Waals surface area contributed by atoms with Crippen LogP contribution in [0.15, 0.2) is 54.7 Å². The zero-order valence-electron chi connectivity index (χ0n) is 19.0. The number of para-hydroxylation sites is 1. The molecule has 2 aromatic carbocycles. The maximum absolute atomic E-state index is 12.1. The van der Waals surface area contributed by atoms with Crippen molar-refractivity contribution in [3.63, 3.8) is 0 Å². The summed E-state index contributed by atoms with van der Waals surface area (Å²) in [5.74, 6) is 0.973. The standard InChI is InChI=1S/C28H33ClN2O/c1-20(32)26-19-30(28-25(26)9-5-10-27(28)29)15-6-16-31-23-13-14-24(31)18-22(17-23)12-11-21-7-3-2-4-8-21/h2-5,7-10,19,22-24H,6,11-18H2,1H3/t22?,23-,24+. The van der Waals surface area contributed by atoms with Gasteiger partial charge in [0, 0.05) is 42.3 Å². The molecule has 2 aliphatic heterocycles. The third-order valence-electron chi connectivity index (χ3n) is 7.71. The number of Topliss-reactive ketones (excluding diaryl/α,β-unsaturated/α-hetero) is 1. The molecule has 1 unspecified atom stereocenters. The van der Waals surface area contributed by atoms with Gasteiger partial charge < -0.3 is 4.57 Å². The average molecular weight is 449 g/mol. The maximum Gasteiger partial charge on any atom is 0.161 e. The van der Waals surface area contributed by atoms with Gasteiger partial charge in [0.25, 0.3) is 0 Å². The molecule has 3 nitrogen and oxygen atoms in total. The molecule has 3 heterocycles. The second kappa shape index (κ2) is 9.41. The number of fused-ring (bicyclic) bond motifs is 3. The minimum Gasteiger partial charge on any atom is -0.345 e. The molecule has 0 amide bonds. The number of ketones is 1. The first-order valence-electron chi connectivity index (χ1n) is 12.2. The fourth-order valence-electron chi connectivity index (χ4n) is 6.20. The Hall–Kier alpha value is -2.10. The van der Waals surface area contributed by atoms with Crippen LogP contribution in [0.4, 0.5) is 0 Å². The first-order valence-corrected chi connectivity index (χ1v) is 12.6. The molecule has 32 heavy (non-hydrogen) atoms. The van der Waals surface area contributed by atoms with E-state index >= 15 is 0 Å². The lowest BCUT2D eigenvalue weighted by Gasteiger charge is -2.39. The van der Waals surface area contributed by atoms with E-state index in [4.69, 9.17) is 11.6 Å². The Kier molecular flexibility index (Phi) is 6.39. The number of hydrogen-bond acceptors (Lipinski definition) is 2. The van der Waals surface area contributed by atoms with E-state index in [1.165, 1.54) is 44.1 Å². The van der Waals surface area contributed by atoms with Gasteiger partial charge >= 0.3 is 0 Å². The number of benzene rings is 2. The van der Waals surface area contributed by atoms with Crippen LogP contribution in [-0.4, -0.2) is 33.9 Å². The van der Waals surface area contributed by atoms with Crippen molar-refractivity contribution >= 4 is 28.3 Å². The zero-order valence-corrected chi connectivity index (χ0v) is 19.7. The highest BCUT2D eigenvalue weighted by molar-refractivity contribution is 6.35. The molecule has 0 spiro atoms. The van der Waals surface area contributed by atoms with E-state index in [-0.39, 0.29) is 5.78 Å². The molecule has 4 heteroatoms. The normalized spacial score (nSPS) is 23.1. The van der Waals surface area contributed by atoms with Crippen molar-refractivity contribution in [2.75, 3.05) is 6.54 Å². The SMILES string of the molecule is CC(=O)c1cn(CCCN2[C@@H]3CC[C@H]2CC(CCc2ccccc2)C3)c2c(Cl)cccc12. The minimum absolute atomic E-state index is 0.103. The van der Waals surface area contributed by atoms with Crippen LogP contribution in [0, 0.1) is 5.92 Å². The largest absolute Gasteiger partial charge is 0.345 e. The van der Waals surface area contributed by atoms with Crippen molar-refractivity contribution < 1.29 is 4.79 Å². The molecule has 2 aliphatic rings. The summed E-state index contributed by atoms with van der Waals surface area (Å²) in [7, 11) is 0. The molecule has 3 aromatic rings.